The van der Waals surface area contributed by atoms with Crippen molar-refractivity contribution in [3.05, 3.63) is 17.2 Å². The summed E-state index contributed by atoms with van der Waals surface area (Å²) in [6.07, 6.45) is 4.62. The zero-order chi connectivity index (χ0) is 15.1. The Morgan fingerprint density at radius 3 is 3.09 bits per heavy atom. The Morgan fingerprint density at radius 1 is 1.41 bits per heavy atom. The summed E-state index contributed by atoms with van der Waals surface area (Å²) in [5, 5.41) is 0. The van der Waals surface area contributed by atoms with Gasteiger partial charge in [0.15, 0.2) is 11.5 Å². The van der Waals surface area contributed by atoms with Crippen LogP contribution in [0.15, 0.2) is 6.07 Å². The monoisotopic (exact) mass is 299 g/mol. The zero-order valence-corrected chi connectivity index (χ0v) is 13.1. The molecule has 0 amide bonds. The molecule has 4 heteroatoms. The molecule has 0 radical (unpaired) electrons. The van der Waals surface area contributed by atoms with Crippen molar-refractivity contribution in [2.24, 2.45) is 5.92 Å². The number of rotatable bonds is 1. The molecule has 0 aromatic heterocycles. The predicted molar refractivity (Wildman–Crippen MR) is 81.8 cm³/mol. The number of benzene rings is 1. The molecule has 0 spiro atoms. The highest BCUT2D eigenvalue weighted by Crippen LogP contribution is 2.63. The molecule has 1 aromatic carbocycles. The minimum atomic E-state index is 0.0222. The fourth-order valence-electron chi connectivity index (χ4n) is 5.43. The van der Waals surface area contributed by atoms with Crippen molar-refractivity contribution in [3.63, 3.8) is 0 Å². The van der Waals surface area contributed by atoms with Crippen LogP contribution in [0.1, 0.15) is 36.8 Å². The second kappa shape index (κ2) is 4.05. The maximum atomic E-state index is 12.3. The van der Waals surface area contributed by atoms with Crippen LogP contribution >= 0.6 is 0 Å². The standard InChI is InChI=1S/C18H21NO3/c1-19-6-5-18-9-10(20)3-4-12(18)14(19)7-11-13(18)8-15(21-2)17-16(11)22-17/h8,12,14H,3-7,9H2,1-2H3/t12-,14+,18-/m0/s1. The van der Waals surface area contributed by atoms with Gasteiger partial charge in [0.1, 0.15) is 5.78 Å². The van der Waals surface area contributed by atoms with Gasteiger partial charge in [-0.1, -0.05) is 0 Å². The summed E-state index contributed by atoms with van der Waals surface area (Å²) in [5.74, 6) is 3.82. The summed E-state index contributed by atoms with van der Waals surface area (Å²) in [4.78, 5) is 14.8. The van der Waals surface area contributed by atoms with E-state index in [4.69, 9.17) is 9.47 Å². The maximum Gasteiger partial charge on any atom is 0.212 e. The van der Waals surface area contributed by atoms with Gasteiger partial charge in [-0.05, 0) is 50.4 Å². The molecule has 3 atom stereocenters. The topological polar surface area (TPSA) is 42.1 Å². The van der Waals surface area contributed by atoms with Crippen LogP contribution in [0.5, 0.6) is 17.2 Å². The molecule has 2 heterocycles. The van der Waals surface area contributed by atoms with Crippen molar-refractivity contribution in [2.45, 2.75) is 43.6 Å². The van der Waals surface area contributed by atoms with Crippen LogP contribution < -0.4 is 9.47 Å². The first-order chi connectivity index (χ1) is 10.6. The van der Waals surface area contributed by atoms with E-state index in [9.17, 15) is 4.79 Å². The number of methoxy groups -OCH3 is 1. The molecule has 116 valence electrons. The number of ketones is 1. The van der Waals surface area contributed by atoms with Crippen LogP contribution in [0.2, 0.25) is 0 Å². The molecule has 2 fully saturated rings. The van der Waals surface area contributed by atoms with E-state index in [2.05, 4.69) is 18.0 Å². The van der Waals surface area contributed by atoms with Crippen LogP contribution in [-0.2, 0) is 16.6 Å². The van der Waals surface area contributed by atoms with E-state index in [1.165, 1.54) is 11.1 Å². The fraction of sp³-hybridized carbons (Fsp3) is 0.611. The van der Waals surface area contributed by atoms with Crippen LogP contribution in [0.3, 0.4) is 0 Å². The number of likely N-dealkylation sites (tertiary alicyclic amines) is 1. The second-order valence-corrected chi connectivity index (χ2v) is 7.38. The molecule has 1 saturated heterocycles. The Morgan fingerprint density at radius 2 is 2.27 bits per heavy atom. The number of Topliss-reactive ketones (excluding diaryl/α,β-unsaturated/α-hetero) is 1. The van der Waals surface area contributed by atoms with Crippen LogP contribution in [0.4, 0.5) is 0 Å². The van der Waals surface area contributed by atoms with Crippen molar-refractivity contribution in [3.8, 4) is 17.2 Å². The zero-order valence-electron chi connectivity index (χ0n) is 13.1. The lowest BCUT2D eigenvalue weighted by Gasteiger charge is -2.57. The number of hydrogen-bond donors (Lipinski definition) is 0. The van der Waals surface area contributed by atoms with Gasteiger partial charge in [0.25, 0.3) is 0 Å². The first-order valence-corrected chi connectivity index (χ1v) is 8.28. The molecule has 4 aliphatic rings. The second-order valence-electron chi connectivity index (χ2n) is 7.38. The first kappa shape index (κ1) is 12.9. The van der Waals surface area contributed by atoms with E-state index in [-0.39, 0.29) is 5.41 Å². The largest absolute Gasteiger partial charge is 0.493 e. The van der Waals surface area contributed by atoms with Crippen molar-refractivity contribution in [1.29, 1.82) is 0 Å². The predicted octanol–water partition coefficient (Wildman–Crippen LogP) is 2.67. The minimum Gasteiger partial charge on any atom is -0.493 e. The molecule has 0 N–H and O–H groups in total. The van der Waals surface area contributed by atoms with Crippen LogP contribution in [-0.4, -0.2) is 37.4 Å². The minimum absolute atomic E-state index is 0.0222. The van der Waals surface area contributed by atoms with Crippen molar-refractivity contribution in [2.75, 3.05) is 20.7 Å². The number of carbonyl (C=O) groups excluding carboxylic acids is 1. The Kier molecular flexibility index (Phi) is 2.38. The lowest BCUT2D eigenvalue weighted by atomic mass is 9.52. The third-order valence-electron chi connectivity index (χ3n) is 6.53. The van der Waals surface area contributed by atoms with Gasteiger partial charge in [0.2, 0.25) is 5.75 Å². The molecule has 22 heavy (non-hydrogen) atoms. The van der Waals surface area contributed by atoms with E-state index in [1.54, 1.807) is 7.11 Å². The molecule has 2 aliphatic heterocycles. The molecule has 5 rings (SSSR count). The Hall–Kier alpha value is -1.55. The van der Waals surface area contributed by atoms with E-state index in [0.29, 0.717) is 24.2 Å². The molecule has 0 unspecified atom stereocenters. The Bertz CT molecular complexity index is 698. The Balaban J connectivity index is 1.74. The van der Waals surface area contributed by atoms with Gasteiger partial charge in [-0.25, -0.2) is 0 Å². The van der Waals surface area contributed by atoms with Crippen molar-refractivity contribution >= 4 is 5.78 Å². The van der Waals surface area contributed by atoms with E-state index < -0.39 is 0 Å². The highest BCUT2D eigenvalue weighted by atomic mass is 16.6. The molecule has 2 bridgehead atoms. The SMILES string of the molecule is COc1cc2c(c3c1O3)C[C@@H]1[C@@H]3CCC(=O)C[C@]23CCN1C. The number of ether oxygens (including phenoxy) is 2. The summed E-state index contributed by atoms with van der Waals surface area (Å²) < 4.78 is 11.2. The first-order valence-electron chi connectivity index (χ1n) is 8.28. The summed E-state index contributed by atoms with van der Waals surface area (Å²) in [6.45, 7) is 1.08. The van der Waals surface area contributed by atoms with Gasteiger partial charge >= 0.3 is 0 Å². The number of likely N-dealkylation sites (N-methyl/N-ethyl adjacent to an activating group) is 1. The van der Waals surface area contributed by atoms with Crippen molar-refractivity contribution < 1.29 is 14.3 Å². The quantitative estimate of drug-likeness (QED) is 0.759. The maximum absolute atomic E-state index is 12.3. The lowest BCUT2D eigenvalue weighted by Crippen LogP contribution is -2.60. The number of piperidine rings is 1. The third-order valence-corrected chi connectivity index (χ3v) is 6.53. The average molecular weight is 299 g/mol. The number of carbonyl (C=O) groups is 1. The number of fused-ring (bicyclic) bond motifs is 3. The number of hydrogen-bond acceptors (Lipinski definition) is 4. The van der Waals surface area contributed by atoms with Crippen LogP contribution in [0.25, 0.3) is 0 Å². The van der Waals surface area contributed by atoms with E-state index in [1.807, 2.05) is 0 Å². The summed E-state index contributed by atoms with van der Waals surface area (Å²) >= 11 is 0. The number of nitrogens with zero attached hydrogens (tertiary/aromatic N) is 1. The fourth-order valence-corrected chi connectivity index (χ4v) is 5.43. The van der Waals surface area contributed by atoms with E-state index in [0.717, 1.165) is 49.5 Å². The Labute approximate surface area is 130 Å². The molecule has 1 aromatic rings. The lowest BCUT2D eigenvalue weighted by molar-refractivity contribution is -0.126. The van der Waals surface area contributed by atoms with Gasteiger partial charge < -0.3 is 14.4 Å². The highest BCUT2D eigenvalue weighted by molar-refractivity contribution is 5.82. The molecule has 4 nitrogen and oxygen atoms in total. The molecular weight excluding hydrogens is 278 g/mol. The normalized spacial score (nSPS) is 35.1. The summed E-state index contributed by atoms with van der Waals surface area (Å²) in [6, 6.07) is 2.73. The molecule has 2 aliphatic carbocycles. The van der Waals surface area contributed by atoms with Crippen LogP contribution in [0, 0.1) is 5.92 Å². The summed E-state index contributed by atoms with van der Waals surface area (Å²) in [7, 11) is 3.93. The third kappa shape index (κ3) is 1.44. The highest BCUT2D eigenvalue weighted by Gasteiger charge is 2.57. The van der Waals surface area contributed by atoms with Gasteiger partial charge in [-0.3, -0.25) is 4.79 Å². The summed E-state index contributed by atoms with van der Waals surface area (Å²) in [5.41, 5.74) is 2.72. The smallest absolute Gasteiger partial charge is 0.212 e. The molecular formula is C18H21NO3. The molecule has 1 saturated carbocycles. The average Bonchev–Trinajstić information content (AvgIpc) is 3.30. The van der Waals surface area contributed by atoms with E-state index >= 15 is 0 Å². The van der Waals surface area contributed by atoms with Gasteiger partial charge in [0, 0.05) is 29.9 Å². The van der Waals surface area contributed by atoms with Gasteiger partial charge in [-0.2, -0.15) is 0 Å². The van der Waals surface area contributed by atoms with Gasteiger partial charge in [0.05, 0.1) is 7.11 Å². The van der Waals surface area contributed by atoms with Gasteiger partial charge in [-0.15, -0.1) is 0 Å². The van der Waals surface area contributed by atoms with Crippen molar-refractivity contribution in [1.82, 2.24) is 4.90 Å².